The summed E-state index contributed by atoms with van der Waals surface area (Å²) < 4.78 is 0. The topological polar surface area (TPSA) is 12.4 Å². The van der Waals surface area contributed by atoms with Crippen LogP contribution >= 0.6 is 0 Å². The normalized spacial score (nSPS) is 17.9. The second-order valence-electron chi connectivity index (χ2n) is 1.65. The lowest BCUT2D eigenvalue weighted by Gasteiger charge is -1.81. The quantitative estimate of drug-likeness (QED) is 0.454. The number of nitrogens with zero attached hydrogens (tertiary/aromatic N) is 1. The van der Waals surface area contributed by atoms with Crippen molar-refractivity contribution in [3.05, 3.63) is 23.9 Å². The molecule has 0 spiro atoms. The van der Waals surface area contributed by atoms with Crippen molar-refractivity contribution >= 4 is 6.21 Å². The van der Waals surface area contributed by atoms with Gasteiger partial charge < -0.3 is 0 Å². The van der Waals surface area contributed by atoms with Gasteiger partial charge in [0, 0.05) is 6.21 Å². The summed E-state index contributed by atoms with van der Waals surface area (Å²) in [7, 11) is 0. The van der Waals surface area contributed by atoms with Gasteiger partial charge in [0.25, 0.3) is 0 Å². The molecule has 0 saturated carbocycles. The summed E-state index contributed by atoms with van der Waals surface area (Å²) in [4.78, 5) is 4.07. The van der Waals surface area contributed by atoms with Crippen LogP contribution in [0.25, 0.3) is 0 Å². The third-order valence-electron chi connectivity index (χ3n) is 1.03. The van der Waals surface area contributed by atoms with Crippen molar-refractivity contribution in [2.24, 2.45) is 4.99 Å². The van der Waals surface area contributed by atoms with E-state index in [9.17, 15) is 0 Å². The average molecular weight is 107 g/mol. The van der Waals surface area contributed by atoms with Crippen LogP contribution in [0.2, 0.25) is 0 Å². The Morgan fingerprint density at radius 3 is 3.12 bits per heavy atom. The lowest BCUT2D eigenvalue weighted by atomic mass is 10.5. The first-order valence-corrected chi connectivity index (χ1v) is 2.79. The SMILES string of the molecule is CC=NC1=CCC=C1. The fourth-order valence-corrected chi connectivity index (χ4v) is 0.690. The molecule has 1 heteroatoms. The summed E-state index contributed by atoms with van der Waals surface area (Å²) >= 11 is 0. The van der Waals surface area contributed by atoms with Crippen molar-refractivity contribution in [2.75, 3.05) is 0 Å². The molecule has 0 aromatic heterocycles. The molecule has 42 valence electrons. The second kappa shape index (κ2) is 2.46. The predicted molar refractivity (Wildman–Crippen MR) is 36.0 cm³/mol. The maximum Gasteiger partial charge on any atom is 0.0585 e. The van der Waals surface area contributed by atoms with Gasteiger partial charge in [-0.1, -0.05) is 12.2 Å². The first kappa shape index (κ1) is 5.29. The Balaban J connectivity index is 2.58. The van der Waals surface area contributed by atoms with Gasteiger partial charge >= 0.3 is 0 Å². The van der Waals surface area contributed by atoms with Crippen molar-refractivity contribution in [2.45, 2.75) is 13.3 Å². The Bertz CT molecular complexity index is 152. The lowest BCUT2D eigenvalue weighted by molar-refractivity contribution is 1.39. The molecule has 0 saturated heterocycles. The standard InChI is InChI=1S/C7H9N/c1-2-8-7-5-3-4-6-7/h2-3,5-6H,4H2,1H3. The number of hydrogen-bond donors (Lipinski definition) is 0. The molecule has 1 nitrogen and oxygen atoms in total. The van der Waals surface area contributed by atoms with E-state index in [1.165, 1.54) is 0 Å². The Morgan fingerprint density at radius 1 is 1.75 bits per heavy atom. The van der Waals surface area contributed by atoms with E-state index in [0.29, 0.717) is 0 Å². The fourth-order valence-electron chi connectivity index (χ4n) is 0.690. The van der Waals surface area contributed by atoms with E-state index in [-0.39, 0.29) is 0 Å². The Labute approximate surface area is 49.4 Å². The molecule has 0 aliphatic heterocycles. The largest absolute Gasteiger partial charge is 0.262 e. The molecule has 0 N–H and O–H groups in total. The molecule has 8 heavy (non-hydrogen) atoms. The van der Waals surface area contributed by atoms with Crippen molar-refractivity contribution in [3.8, 4) is 0 Å². The Morgan fingerprint density at radius 2 is 2.62 bits per heavy atom. The summed E-state index contributed by atoms with van der Waals surface area (Å²) in [6.45, 7) is 1.92. The molecule has 1 rings (SSSR count). The lowest BCUT2D eigenvalue weighted by Crippen LogP contribution is -1.64. The summed E-state index contributed by atoms with van der Waals surface area (Å²) in [5, 5.41) is 0. The summed E-state index contributed by atoms with van der Waals surface area (Å²) in [6.07, 6.45) is 9.08. The number of allylic oxidation sites excluding steroid dienone is 3. The maximum absolute atomic E-state index is 4.07. The van der Waals surface area contributed by atoms with E-state index in [4.69, 9.17) is 0 Å². The highest BCUT2D eigenvalue weighted by atomic mass is 14.7. The van der Waals surface area contributed by atoms with E-state index in [0.717, 1.165) is 12.1 Å². The molecule has 0 atom stereocenters. The molecular weight excluding hydrogens is 98.1 g/mol. The van der Waals surface area contributed by atoms with Crippen LogP contribution in [-0.4, -0.2) is 6.21 Å². The Hall–Kier alpha value is -0.850. The van der Waals surface area contributed by atoms with E-state index in [2.05, 4.69) is 17.1 Å². The third kappa shape index (κ3) is 1.06. The van der Waals surface area contributed by atoms with Gasteiger partial charge in [0.1, 0.15) is 0 Å². The smallest absolute Gasteiger partial charge is 0.0585 e. The highest BCUT2D eigenvalue weighted by Gasteiger charge is 1.89. The molecule has 1 aliphatic rings. The Kier molecular flexibility index (Phi) is 1.62. The van der Waals surface area contributed by atoms with Crippen LogP contribution in [0.15, 0.2) is 28.9 Å². The van der Waals surface area contributed by atoms with Gasteiger partial charge in [-0.25, -0.2) is 0 Å². The average Bonchev–Trinajstić information content (AvgIpc) is 2.19. The minimum Gasteiger partial charge on any atom is -0.262 e. The fraction of sp³-hybridized carbons (Fsp3) is 0.286. The van der Waals surface area contributed by atoms with E-state index < -0.39 is 0 Å². The molecule has 0 aromatic carbocycles. The molecule has 0 radical (unpaired) electrons. The molecule has 0 bridgehead atoms. The van der Waals surface area contributed by atoms with Gasteiger partial charge in [-0.05, 0) is 19.4 Å². The van der Waals surface area contributed by atoms with Gasteiger partial charge in [0.15, 0.2) is 0 Å². The van der Waals surface area contributed by atoms with Crippen molar-refractivity contribution in [1.29, 1.82) is 0 Å². The van der Waals surface area contributed by atoms with Gasteiger partial charge in [0.05, 0.1) is 5.70 Å². The van der Waals surface area contributed by atoms with Gasteiger partial charge in [-0.15, -0.1) is 0 Å². The highest BCUT2D eigenvalue weighted by molar-refractivity contribution is 5.56. The zero-order chi connectivity index (χ0) is 5.82. The number of hydrogen-bond acceptors (Lipinski definition) is 1. The van der Waals surface area contributed by atoms with Gasteiger partial charge in [-0.2, -0.15) is 0 Å². The van der Waals surface area contributed by atoms with E-state index in [1.807, 2.05) is 19.2 Å². The zero-order valence-electron chi connectivity index (χ0n) is 4.96. The van der Waals surface area contributed by atoms with E-state index >= 15 is 0 Å². The van der Waals surface area contributed by atoms with Gasteiger partial charge in [-0.3, -0.25) is 4.99 Å². The van der Waals surface area contributed by atoms with Gasteiger partial charge in [0.2, 0.25) is 0 Å². The van der Waals surface area contributed by atoms with Crippen LogP contribution < -0.4 is 0 Å². The number of rotatable bonds is 1. The molecule has 0 unspecified atom stereocenters. The van der Waals surface area contributed by atoms with Crippen LogP contribution in [0.3, 0.4) is 0 Å². The monoisotopic (exact) mass is 107 g/mol. The predicted octanol–water partition coefficient (Wildman–Crippen LogP) is 1.92. The molecule has 0 aromatic rings. The van der Waals surface area contributed by atoms with Crippen LogP contribution in [0, 0.1) is 0 Å². The minimum atomic E-state index is 1.05. The van der Waals surface area contributed by atoms with E-state index in [1.54, 1.807) is 0 Å². The second-order valence-corrected chi connectivity index (χ2v) is 1.65. The van der Waals surface area contributed by atoms with Crippen LogP contribution in [0.4, 0.5) is 0 Å². The van der Waals surface area contributed by atoms with Crippen molar-refractivity contribution in [1.82, 2.24) is 0 Å². The van der Waals surface area contributed by atoms with Crippen LogP contribution in [-0.2, 0) is 0 Å². The van der Waals surface area contributed by atoms with Crippen molar-refractivity contribution < 1.29 is 0 Å². The third-order valence-corrected chi connectivity index (χ3v) is 1.03. The summed E-state index contributed by atoms with van der Waals surface area (Å²) in [5.41, 5.74) is 1.09. The zero-order valence-corrected chi connectivity index (χ0v) is 4.96. The molecule has 0 heterocycles. The summed E-state index contributed by atoms with van der Waals surface area (Å²) in [5.74, 6) is 0. The summed E-state index contributed by atoms with van der Waals surface area (Å²) in [6, 6.07) is 0. The number of aliphatic imine (C=N–C) groups is 1. The van der Waals surface area contributed by atoms with Crippen LogP contribution in [0.1, 0.15) is 13.3 Å². The van der Waals surface area contributed by atoms with Crippen molar-refractivity contribution in [3.63, 3.8) is 0 Å². The highest BCUT2D eigenvalue weighted by Crippen LogP contribution is 2.08. The molecule has 0 amide bonds. The van der Waals surface area contributed by atoms with Crippen LogP contribution in [0.5, 0.6) is 0 Å². The molecular formula is C7H9N. The first-order chi connectivity index (χ1) is 3.93. The molecule has 0 fully saturated rings. The molecule has 1 aliphatic carbocycles. The first-order valence-electron chi connectivity index (χ1n) is 2.79. The minimum absolute atomic E-state index is 1.05. The maximum atomic E-state index is 4.07.